The predicted octanol–water partition coefficient (Wildman–Crippen LogP) is 1.75. The lowest BCUT2D eigenvalue weighted by Gasteiger charge is -2.13. The van der Waals surface area contributed by atoms with E-state index in [0.29, 0.717) is 12.8 Å². The number of methoxy groups -OCH3 is 2. The summed E-state index contributed by atoms with van der Waals surface area (Å²) in [6.07, 6.45) is 1.97. The largest absolute Gasteiger partial charge is 0.465 e. The molecule has 0 atom stereocenters. The molecule has 5 heteroatoms. The molecule has 0 aromatic heterocycles. The zero-order valence-corrected chi connectivity index (χ0v) is 12.1. The normalized spacial score (nSPS) is 10.2. The summed E-state index contributed by atoms with van der Waals surface area (Å²) in [5.41, 5.74) is 2.31. The fourth-order valence-corrected chi connectivity index (χ4v) is 2.08. The zero-order chi connectivity index (χ0) is 15.1. The van der Waals surface area contributed by atoms with Crippen LogP contribution in [0.15, 0.2) is 12.1 Å². The Morgan fingerprint density at radius 3 is 1.95 bits per heavy atom. The summed E-state index contributed by atoms with van der Waals surface area (Å²) >= 11 is 0. The molecule has 1 aromatic carbocycles. The number of carbonyl (C=O) groups excluding carboxylic acids is 2. The van der Waals surface area contributed by atoms with Crippen LogP contribution in [-0.2, 0) is 22.3 Å². The van der Waals surface area contributed by atoms with Gasteiger partial charge in [-0.2, -0.15) is 0 Å². The second-order valence-electron chi connectivity index (χ2n) is 4.33. The summed E-state index contributed by atoms with van der Waals surface area (Å²) in [6, 6.07) is 3.33. The molecule has 0 unspecified atom stereocenters. The summed E-state index contributed by atoms with van der Waals surface area (Å²) < 4.78 is 9.41. The van der Waals surface area contributed by atoms with Crippen molar-refractivity contribution in [2.45, 2.75) is 26.2 Å². The standard InChI is InChI=1S/C15H20O5/c1-4-10-8-12(14(17)19-2)13(15(18)20-3)9-11(10)6-5-7-16/h8-9,16H,4-7H2,1-3H3. The predicted molar refractivity (Wildman–Crippen MR) is 73.9 cm³/mol. The highest BCUT2D eigenvalue weighted by atomic mass is 16.5. The molecule has 0 amide bonds. The van der Waals surface area contributed by atoms with Gasteiger partial charge in [0.2, 0.25) is 0 Å². The first-order chi connectivity index (χ1) is 9.58. The third kappa shape index (κ3) is 3.57. The van der Waals surface area contributed by atoms with Crippen LogP contribution in [0, 0.1) is 0 Å². The molecular formula is C15H20O5. The van der Waals surface area contributed by atoms with Crippen molar-refractivity contribution >= 4 is 11.9 Å². The van der Waals surface area contributed by atoms with Crippen molar-refractivity contribution in [1.29, 1.82) is 0 Å². The van der Waals surface area contributed by atoms with E-state index in [0.717, 1.165) is 17.5 Å². The first-order valence-corrected chi connectivity index (χ1v) is 6.52. The third-order valence-corrected chi connectivity index (χ3v) is 3.14. The van der Waals surface area contributed by atoms with Gasteiger partial charge in [0.05, 0.1) is 25.3 Å². The van der Waals surface area contributed by atoms with E-state index in [1.165, 1.54) is 14.2 Å². The molecule has 0 aliphatic heterocycles. The molecule has 5 nitrogen and oxygen atoms in total. The van der Waals surface area contributed by atoms with Crippen molar-refractivity contribution < 1.29 is 24.2 Å². The Morgan fingerprint density at radius 2 is 1.55 bits per heavy atom. The smallest absolute Gasteiger partial charge is 0.338 e. The lowest BCUT2D eigenvalue weighted by molar-refractivity contribution is 0.0555. The summed E-state index contributed by atoms with van der Waals surface area (Å²) in [7, 11) is 2.54. The Kier molecular flexibility index (Phi) is 6.18. The average molecular weight is 280 g/mol. The quantitative estimate of drug-likeness (QED) is 0.804. The summed E-state index contributed by atoms with van der Waals surface area (Å²) in [4.78, 5) is 23.6. The molecule has 0 fully saturated rings. The van der Waals surface area contributed by atoms with Crippen LogP contribution in [0.1, 0.15) is 45.2 Å². The molecule has 0 spiro atoms. The van der Waals surface area contributed by atoms with Gasteiger partial charge in [0.25, 0.3) is 0 Å². The molecule has 0 radical (unpaired) electrons. The first kappa shape index (κ1) is 16.2. The minimum atomic E-state index is -0.571. The van der Waals surface area contributed by atoms with E-state index < -0.39 is 11.9 Å². The second-order valence-corrected chi connectivity index (χ2v) is 4.33. The number of esters is 2. The van der Waals surface area contributed by atoms with E-state index >= 15 is 0 Å². The van der Waals surface area contributed by atoms with E-state index in [1.54, 1.807) is 12.1 Å². The minimum absolute atomic E-state index is 0.0788. The van der Waals surface area contributed by atoms with Crippen LogP contribution < -0.4 is 0 Å². The highest BCUT2D eigenvalue weighted by Gasteiger charge is 2.20. The van der Waals surface area contributed by atoms with Crippen molar-refractivity contribution in [2.24, 2.45) is 0 Å². The number of rotatable bonds is 6. The Labute approximate surface area is 118 Å². The molecule has 0 aliphatic carbocycles. The number of hydrogen-bond donors (Lipinski definition) is 1. The average Bonchev–Trinajstić information content (AvgIpc) is 2.50. The highest BCUT2D eigenvalue weighted by Crippen LogP contribution is 2.21. The van der Waals surface area contributed by atoms with Crippen molar-refractivity contribution in [3.63, 3.8) is 0 Å². The van der Waals surface area contributed by atoms with Gasteiger partial charge in [-0.05, 0) is 42.5 Å². The van der Waals surface area contributed by atoms with E-state index in [2.05, 4.69) is 0 Å². The van der Waals surface area contributed by atoms with Crippen LogP contribution in [0.4, 0.5) is 0 Å². The monoisotopic (exact) mass is 280 g/mol. The number of aryl methyl sites for hydroxylation is 2. The van der Waals surface area contributed by atoms with Gasteiger partial charge < -0.3 is 14.6 Å². The SMILES string of the molecule is CCc1cc(C(=O)OC)c(C(=O)OC)cc1CCCO. The molecule has 1 rings (SSSR count). The lowest BCUT2D eigenvalue weighted by Crippen LogP contribution is -2.14. The van der Waals surface area contributed by atoms with Gasteiger partial charge in [-0.25, -0.2) is 9.59 Å². The second kappa shape index (κ2) is 7.65. The molecule has 0 heterocycles. The molecule has 0 bridgehead atoms. The van der Waals surface area contributed by atoms with Gasteiger partial charge in [0.1, 0.15) is 0 Å². The maximum absolute atomic E-state index is 11.8. The van der Waals surface area contributed by atoms with Crippen LogP contribution in [0.5, 0.6) is 0 Å². The Bertz CT molecular complexity index is 493. The molecule has 0 saturated carbocycles. The number of carbonyl (C=O) groups is 2. The van der Waals surface area contributed by atoms with Crippen LogP contribution >= 0.6 is 0 Å². The van der Waals surface area contributed by atoms with Crippen molar-refractivity contribution in [3.05, 3.63) is 34.4 Å². The van der Waals surface area contributed by atoms with Gasteiger partial charge in [0.15, 0.2) is 0 Å². The Balaban J connectivity index is 3.36. The van der Waals surface area contributed by atoms with Gasteiger partial charge >= 0.3 is 11.9 Å². The zero-order valence-electron chi connectivity index (χ0n) is 12.1. The molecule has 0 saturated heterocycles. The first-order valence-electron chi connectivity index (χ1n) is 6.52. The third-order valence-electron chi connectivity index (χ3n) is 3.14. The van der Waals surface area contributed by atoms with Gasteiger partial charge in [-0.3, -0.25) is 0 Å². The number of aliphatic hydroxyl groups excluding tert-OH is 1. The number of benzene rings is 1. The molecular weight excluding hydrogens is 260 g/mol. The van der Waals surface area contributed by atoms with Crippen LogP contribution in [0.25, 0.3) is 0 Å². The van der Waals surface area contributed by atoms with Gasteiger partial charge in [-0.1, -0.05) is 6.92 Å². The fraction of sp³-hybridized carbons (Fsp3) is 0.467. The molecule has 0 aliphatic rings. The van der Waals surface area contributed by atoms with Crippen molar-refractivity contribution in [3.8, 4) is 0 Å². The molecule has 110 valence electrons. The van der Waals surface area contributed by atoms with Crippen molar-refractivity contribution in [1.82, 2.24) is 0 Å². The summed E-state index contributed by atoms with van der Waals surface area (Å²) in [6.45, 7) is 2.05. The lowest BCUT2D eigenvalue weighted by atomic mass is 9.94. The summed E-state index contributed by atoms with van der Waals surface area (Å²) in [5.74, 6) is -1.13. The molecule has 1 aromatic rings. The fourth-order valence-electron chi connectivity index (χ4n) is 2.08. The van der Waals surface area contributed by atoms with E-state index in [-0.39, 0.29) is 17.7 Å². The number of aliphatic hydroxyl groups is 1. The van der Waals surface area contributed by atoms with Gasteiger partial charge in [-0.15, -0.1) is 0 Å². The topological polar surface area (TPSA) is 72.8 Å². The van der Waals surface area contributed by atoms with E-state index in [4.69, 9.17) is 14.6 Å². The van der Waals surface area contributed by atoms with Crippen molar-refractivity contribution in [2.75, 3.05) is 20.8 Å². The number of hydrogen-bond acceptors (Lipinski definition) is 5. The van der Waals surface area contributed by atoms with E-state index in [1.807, 2.05) is 6.92 Å². The summed E-state index contributed by atoms with van der Waals surface area (Å²) in [5, 5.41) is 8.93. The van der Waals surface area contributed by atoms with Crippen LogP contribution in [0.3, 0.4) is 0 Å². The maximum atomic E-state index is 11.8. The Hall–Kier alpha value is -1.88. The van der Waals surface area contributed by atoms with E-state index in [9.17, 15) is 9.59 Å². The Morgan fingerprint density at radius 1 is 1.05 bits per heavy atom. The van der Waals surface area contributed by atoms with Gasteiger partial charge in [0, 0.05) is 6.61 Å². The maximum Gasteiger partial charge on any atom is 0.338 e. The molecule has 20 heavy (non-hydrogen) atoms. The highest BCUT2D eigenvalue weighted by molar-refractivity contribution is 6.03. The van der Waals surface area contributed by atoms with Crippen LogP contribution in [0.2, 0.25) is 0 Å². The van der Waals surface area contributed by atoms with Crippen LogP contribution in [-0.4, -0.2) is 37.9 Å². The number of ether oxygens (including phenoxy) is 2. The minimum Gasteiger partial charge on any atom is -0.465 e. The molecule has 1 N–H and O–H groups in total.